The van der Waals surface area contributed by atoms with Gasteiger partial charge in [-0.3, -0.25) is 9.59 Å². The molecule has 2 amide bonds. The number of hydrogen-bond acceptors (Lipinski definition) is 3. The zero-order valence-electron chi connectivity index (χ0n) is 23.9. The maximum absolute atomic E-state index is 13.9. The van der Waals surface area contributed by atoms with Crippen molar-refractivity contribution in [1.29, 1.82) is 0 Å². The Morgan fingerprint density at radius 2 is 1.49 bits per heavy atom. The number of halogens is 1. The number of methoxy groups -OCH3 is 1. The summed E-state index contributed by atoms with van der Waals surface area (Å²) in [6.07, 6.45) is 3.33. The third-order valence-corrected chi connectivity index (χ3v) is 8.15. The summed E-state index contributed by atoms with van der Waals surface area (Å²) in [7, 11) is 1.64. The molecule has 3 aromatic carbocycles. The topological polar surface area (TPSA) is 54.8 Å². The molecule has 4 aromatic rings. The van der Waals surface area contributed by atoms with Crippen molar-refractivity contribution in [3.05, 3.63) is 106 Å². The number of rotatable bonds is 8. The highest BCUT2D eigenvalue weighted by molar-refractivity contribution is 6.32. The average Bonchev–Trinajstić information content (AvgIpc) is 3.36. The van der Waals surface area contributed by atoms with Crippen molar-refractivity contribution in [2.24, 2.45) is 0 Å². The van der Waals surface area contributed by atoms with Gasteiger partial charge in [0.25, 0.3) is 11.8 Å². The molecule has 0 spiro atoms. The van der Waals surface area contributed by atoms with Gasteiger partial charge in [0.2, 0.25) is 0 Å². The van der Waals surface area contributed by atoms with E-state index in [1.807, 2.05) is 88.0 Å². The van der Waals surface area contributed by atoms with E-state index in [0.29, 0.717) is 42.3 Å². The number of carbonyl (C=O) groups is 2. The van der Waals surface area contributed by atoms with Crippen molar-refractivity contribution in [1.82, 2.24) is 14.4 Å². The van der Waals surface area contributed by atoms with E-state index >= 15 is 0 Å². The van der Waals surface area contributed by atoms with Crippen molar-refractivity contribution < 1.29 is 14.3 Å². The van der Waals surface area contributed by atoms with E-state index in [1.165, 1.54) is 5.56 Å². The van der Waals surface area contributed by atoms with E-state index in [-0.39, 0.29) is 11.8 Å². The molecule has 1 aliphatic heterocycles. The Kier molecular flexibility index (Phi) is 8.79. The van der Waals surface area contributed by atoms with Crippen LogP contribution in [0.25, 0.3) is 16.9 Å². The number of para-hydroxylation sites is 1. The highest BCUT2D eigenvalue weighted by Gasteiger charge is 2.29. The molecule has 212 valence electrons. The second-order valence-corrected chi connectivity index (χ2v) is 10.8. The first-order valence-electron chi connectivity index (χ1n) is 14.2. The number of aromatic nitrogens is 1. The number of amides is 2. The maximum Gasteiger partial charge on any atom is 0.255 e. The SMILES string of the molecule is CCCCc1ccc(C(=O)N2CCN(C(=O)c3cc(-c4ccc(OC)cc4)n(-c4ccccc4Cl)c3C)CC2)cc1. The largest absolute Gasteiger partial charge is 0.497 e. The highest BCUT2D eigenvalue weighted by Crippen LogP contribution is 2.34. The summed E-state index contributed by atoms with van der Waals surface area (Å²) in [5, 5.41) is 0.602. The monoisotopic (exact) mass is 569 g/mol. The molecule has 1 saturated heterocycles. The first kappa shape index (κ1) is 28.5. The predicted molar refractivity (Wildman–Crippen MR) is 164 cm³/mol. The average molecular weight is 570 g/mol. The number of nitrogens with zero attached hydrogens (tertiary/aromatic N) is 3. The number of piperazine rings is 1. The fourth-order valence-corrected chi connectivity index (χ4v) is 5.62. The molecule has 1 aromatic heterocycles. The summed E-state index contributed by atoms with van der Waals surface area (Å²) in [5.74, 6) is 0.731. The van der Waals surface area contributed by atoms with Crippen molar-refractivity contribution in [2.75, 3.05) is 33.3 Å². The molecule has 0 aliphatic carbocycles. The molecule has 0 unspecified atom stereocenters. The van der Waals surface area contributed by atoms with Gasteiger partial charge < -0.3 is 19.1 Å². The van der Waals surface area contributed by atoms with Crippen molar-refractivity contribution in [3.63, 3.8) is 0 Å². The second-order valence-electron chi connectivity index (χ2n) is 10.4. The highest BCUT2D eigenvalue weighted by atomic mass is 35.5. The fourth-order valence-electron chi connectivity index (χ4n) is 5.40. The number of ether oxygens (including phenoxy) is 1. The van der Waals surface area contributed by atoms with Gasteiger partial charge in [0.15, 0.2) is 0 Å². The van der Waals surface area contributed by atoms with Crippen LogP contribution in [-0.4, -0.2) is 59.5 Å². The Hall–Kier alpha value is -4.03. The number of carbonyl (C=O) groups excluding carboxylic acids is 2. The van der Waals surface area contributed by atoms with Crippen molar-refractivity contribution in [3.8, 4) is 22.7 Å². The lowest BCUT2D eigenvalue weighted by Crippen LogP contribution is -2.50. The first-order chi connectivity index (χ1) is 19.9. The molecule has 1 aliphatic rings. The number of hydrogen-bond donors (Lipinski definition) is 0. The molecule has 2 heterocycles. The van der Waals surface area contributed by atoms with Crippen LogP contribution in [0, 0.1) is 6.92 Å². The molecule has 1 fully saturated rings. The van der Waals surface area contributed by atoms with Crippen molar-refractivity contribution >= 4 is 23.4 Å². The van der Waals surface area contributed by atoms with Crippen LogP contribution in [0.2, 0.25) is 5.02 Å². The van der Waals surface area contributed by atoms with E-state index < -0.39 is 0 Å². The van der Waals surface area contributed by atoms with E-state index in [9.17, 15) is 9.59 Å². The minimum Gasteiger partial charge on any atom is -0.497 e. The Morgan fingerprint density at radius 3 is 2.10 bits per heavy atom. The van der Waals surface area contributed by atoms with Gasteiger partial charge in [0, 0.05) is 37.4 Å². The molecule has 6 nitrogen and oxygen atoms in total. The predicted octanol–water partition coefficient (Wildman–Crippen LogP) is 7.06. The Morgan fingerprint density at radius 1 is 0.854 bits per heavy atom. The van der Waals surface area contributed by atoms with E-state index in [1.54, 1.807) is 7.11 Å². The molecule has 7 heteroatoms. The quantitative estimate of drug-likeness (QED) is 0.228. The number of benzene rings is 3. The smallest absolute Gasteiger partial charge is 0.255 e. The minimum atomic E-state index is -0.0459. The van der Waals surface area contributed by atoms with E-state index in [4.69, 9.17) is 16.3 Å². The fraction of sp³-hybridized carbons (Fsp3) is 0.294. The molecule has 0 radical (unpaired) electrons. The van der Waals surface area contributed by atoms with Crippen molar-refractivity contribution in [2.45, 2.75) is 33.1 Å². The summed E-state index contributed by atoms with van der Waals surface area (Å²) < 4.78 is 7.38. The molecular weight excluding hydrogens is 534 g/mol. The normalized spacial score (nSPS) is 13.4. The standard InChI is InChI=1S/C34H36ClN3O3/c1-4-5-8-25-11-13-27(14-12-25)33(39)36-19-21-37(22-20-36)34(40)29-23-32(26-15-17-28(41-3)18-16-26)38(24(29)2)31-10-7-6-9-30(31)35/h6-7,9-18,23H,4-5,8,19-22H2,1-3H3. The van der Waals surface area contributed by atoms with Crippen LogP contribution in [-0.2, 0) is 6.42 Å². The summed E-state index contributed by atoms with van der Waals surface area (Å²) in [5.41, 5.74) is 6.02. The summed E-state index contributed by atoms with van der Waals surface area (Å²) in [6, 6.07) is 25.3. The van der Waals surface area contributed by atoms with Gasteiger partial charge in [-0.15, -0.1) is 0 Å². The Bertz CT molecular complexity index is 1520. The third kappa shape index (κ3) is 6.03. The van der Waals surface area contributed by atoms with Crippen LogP contribution >= 0.6 is 11.6 Å². The zero-order valence-corrected chi connectivity index (χ0v) is 24.7. The molecule has 0 bridgehead atoms. The zero-order chi connectivity index (χ0) is 28.9. The molecule has 0 atom stereocenters. The van der Waals surface area contributed by atoms with Gasteiger partial charge in [-0.25, -0.2) is 0 Å². The third-order valence-electron chi connectivity index (χ3n) is 7.83. The Labute approximate surface area is 247 Å². The molecule has 5 rings (SSSR count). The van der Waals surface area contributed by atoms with Crippen LogP contribution in [0.5, 0.6) is 5.75 Å². The number of aryl methyl sites for hydroxylation is 1. The Balaban J connectivity index is 1.36. The van der Waals surface area contributed by atoms with Crippen LogP contribution in [0.1, 0.15) is 51.7 Å². The van der Waals surface area contributed by atoms with Gasteiger partial charge in [0.1, 0.15) is 5.75 Å². The van der Waals surface area contributed by atoms with Gasteiger partial charge in [-0.1, -0.05) is 49.2 Å². The second kappa shape index (κ2) is 12.6. The minimum absolute atomic E-state index is 0.0157. The van der Waals surface area contributed by atoms with E-state index in [2.05, 4.69) is 19.1 Å². The van der Waals surface area contributed by atoms with Gasteiger partial charge >= 0.3 is 0 Å². The lowest BCUT2D eigenvalue weighted by atomic mass is 10.1. The summed E-state index contributed by atoms with van der Waals surface area (Å²) in [4.78, 5) is 30.7. The summed E-state index contributed by atoms with van der Waals surface area (Å²) >= 11 is 6.63. The van der Waals surface area contributed by atoms with Crippen LogP contribution in [0.3, 0.4) is 0 Å². The number of unbranched alkanes of at least 4 members (excludes halogenated alkanes) is 1. The van der Waals surface area contributed by atoms with Gasteiger partial charge in [0.05, 0.1) is 29.1 Å². The lowest BCUT2D eigenvalue weighted by molar-refractivity contribution is 0.0535. The van der Waals surface area contributed by atoms with Crippen LogP contribution in [0.4, 0.5) is 0 Å². The van der Waals surface area contributed by atoms with Crippen LogP contribution < -0.4 is 4.74 Å². The van der Waals surface area contributed by atoms with Gasteiger partial charge in [-0.05, 0) is 85.5 Å². The van der Waals surface area contributed by atoms with Gasteiger partial charge in [-0.2, -0.15) is 0 Å². The van der Waals surface area contributed by atoms with Crippen LogP contribution in [0.15, 0.2) is 78.9 Å². The summed E-state index contributed by atoms with van der Waals surface area (Å²) in [6.45, 7) is 6.09. The molecular formula is C34H36ClN3O3. The molecule has 0 saturated carbocycles. The first-order valence-corrected chi connectivity index (χ1v) is 14.6. The maximum atomic E-state index is 13.9. The van der Waals surface area contributed by atoms with E-state index in [0.717, 1.165) is 47.7 Å². The lowest BCUT2D eigenvalue weighted by Gasteiger charge is -2.35. The molecule has 0 N–H and O–H groups in total. The molecule has 41 heavy (non-hydrogen) atoms.